The lowest BCUT2D eigenvalue weighted by molar-refractivity contribution is -0.139. The molecule has 0 aromatic heterocycles. The van der Waals surface area contributed by atoms with E-state index in [9.17, 15) is 4.79 Å². The van der Waals surface area contributed by atoms with Crippen LogP contribution in [0.3, 0.4) is 0 Å². The van der Waals surface area contributed by atoms with Crippen molar-refractivity contribution in [3.8, 4) is 0 Å². The Balaban J connectivity index is 3.76. The van der Waals surface area contributed by atoms with Crippen molar-refractivity contribution in [2.45, 2.75) is 124 Å². The fraction of sp³-hybridized carbons (Fsp3) is 0.885. The molecule has 0 heterocycles. The molecule has 0 fully saturated rings. The van der Waals surface area contributed by atoms with Crippen LogP contribution in [0.5, 0.6) is 0 Å². The third-order valence-corrected chi connectivity index (χ3v) is 8.18. The third kappa shape index (κ3) is 17.8. The van der Waals surface area contributed by atoms with Crippen LogP contribution < -0.4 is 0 Å². The van der Waals surface area contributed by atoms with E-state index in [1.54, 1.807) is 6.92 Å². The van der Waals surface area contributed by atoms with E-state index < -0.39 is 8.80 Å². The van der Waals surface area contributed by atoms with Crippen molar-refractivity contribution in [1.29, 1.82) is 0 Å². The van der Waals surface area contributed by atoms with Crippen molar-refractivity contribution < 1.29 is 22.8 Å². The van der Waals surface area contributed by atoms with E-state index in [1.165, 1.54) is 51.4 Å². The van der Waals surface area contributed by atoms with Crippen LogP contribution >= 0.6 is 0 Å². The molecule has 190 valence electrons. The Bertz CT molecular complexity index is 434. The standard InChI is InChI=1S/C26H52O5Si/c1-6-20-29-32(30-21-7-2,31-22-8-3)24-19-17-15-13-11-9-10-12-14-16-18-23-28-26(27)25(4)5/h4,6-24H2,1-3,5H3. The molecule has 32 heavy (non-hydrogen) atoms. The molecule has 5 nitrogen and oxygen atoms in total. The molecule has 0 amide bonds. The maximum atomic E-state index is 11.3. The molecule has 0 aliphatic carbocycles. The Kier molecular flexibility index (Phi) is 21.6. The number of carbonyl (C=O) groups is 1. The van der Waals surface area contributed by atoms with Gasteiger partial charge in [0.2, 0.25) is 0 Å². The fourth-order valence-corrected chi connectivity index (χ4v) is 6.35. The van der Waals surface area contributed by atoms with Gasteiger partial charge in [0.1, 0.15) is 0 Å². The zero-order valence-electron chi connectivity index (χ0n) is 21.7. The van der Waals surface area contributed by atoms with Gasteiger partial charge in [-0.25, -0.2) is 4.79 Å². The minimum atomic E-state index is -2.50. The number of hydrogen-bond donors (Lipinski definition) is 0. The molecule has 0 atom stereocenters. The Hall–Kier alpha value is -0.693. The van der Waals surface area contributed by atoms with Crippen LogP contribution in [0, 0.1) is 0 Å². The first-order valence-electron chi connectivity index (χ1n) is 13.3. The number of carbonyl (C=O) groups excluding carboxylic acids is 1. The van der Waals surface area contributed by atoms with Crippen molar-refractivity contribution in [2.24, 2.45) is 0 Å². The second kappa shape index (κ2) is 22.1. The summed E-state index contributed by atoms with van der Waals surface area (Å²) in [7, 11) is -2.50. The summed E-state index contributed by atoms with van der Waals surface area (Å²) < 4.78 is 23.6. The van der Waals surface area contributed by atoms with Crippen LogP contribution in [0.1, 0.15) is 118 Å². The SMILES string of the molecule is C=C(C)C(=O)OCCCCCCCCCCCCC[Si](OCCC)(OCCC)OCCC. The molecule has 0 rings (SSSR count). The van der Waals surface area contributed by atoms with Gasteiger partial charge >= 0.3 is 14.8 Å². The molecule has 0 radical (unpaired) electrons. The van der Waals surface area contributed by atoms with Crippen molar-refractivity contribution in [3.63, 3.8) is 0 Å². The van der Waals surface area contributed by atoms with Crippen molar-refractivity contribution >= 4 is 14.8 Å². The number of rotatable bonds is 24. The van der Waals surface area contributed by atoms with Crippen molar-refractivity contribution in [2.75, 3.05) is 26.4 Å². The van der Waals surface area contributed by atoms with Crippen molar-refractivity contribution in [3.05, 3.63) is 12.2 Å². The second-order valence-corrected chi connectivity index (χ2v) is 11.5. The monoisotopic (exact) mass is 472 g/mol. The minimum absolute atomic E-state index is 0.270. The van der Waals surface area contributed by atoms with E-state index in [-0.39, 0.29) is 5.97 Å². The third-order valence-electron chi connectivity index (χ3n) is 5.29. The lowest BCUT2D eigenvalue weighted by Crippen LogP contribution is -2.46. The Labute approximate surface area is 200 Å². The first-order valence-corrected chi connectivity index (χ1v) is 15.2. The molecule has 0 aliphatic rings. The van der Waals surface area contributed by atoms with E-state index in [0.717, 1.165) is 64.4 Å². The van der Waals surface area contributed by atoms with E-state index in [2.05, 4.69) is 27.4 Å². The van der Waals surface area contributed by atoms with Crippen molar-refractivity contribution in [1.82, 2.24) is 0 Å². The Morgan fingerprint density at radius 2 is 1.00 bits per heavy atom. The molecular weight excluding hydrogens is 420 g/mol. The molecule has 0 aliphatic heterocycles. The van der Waals surface area contributed by atoms with Gasteiger partial charge in [-0.2, -0.15) is 0 Å². The summed E-state index contributed by atoms with van der Waals surface area (Å²) in [6.07, 6.45) is 16.5. The molecule has 0 saturated carbocycles. The zero-order valence-corrected chi connectivity index (χ0v) is 22.7. The molecule has 0 N–H and O–H groups in total. The lowest BCUT2D eigenvalue weighted by atomic mass is 10.1. The first-order chi connectivity index (χ1) is 15.5. The predicted molar refractivity (Wildman–Crippen MR) is 136 cm³/mol. The summed E-state index contributed by atoms with van der Waals surface area (Å²) in [6, 6.07) is 0.953. The van der Waals surface area contributed by atoms with E-state index in [0.29, 0.717) is 12.2 Å². The number of esters is 1. The summed E-state index contributed by atoms with van der Waals surface area (Å²) in [4.78, 5) is 11.3. The summed E-state index contributed by atoms with van der Waals surface area (Å²) in [5.74, 6) is -0.270. The van der Waals surface area contributed by atoms with Crippen LogP contribution in [0.2, 0.25) is 6.04 Å². The van der Waals surface area contributed by atoms with Crippen LogP contribution in [-0.4, -0.2) is 41.2 Å². The molecule has 6 heteroatoms. The zero-order chi connectivity index (χ0) is 23.9. The van der Waals surface area contributed by atoms with Gasteiger partial charge < -0.3 is 18.0 Å². The second-order valence-electron chi connectivity index (χ2n) is 8.78. The lowest BCUT2D eigenvalue weighted by Gasteiger charge is -2.29. The molecular formula is C26H52O5Si. The summed E-state index contributed by atoms with van der Waals surface area (Å²) in [5, 5.41) is 0. The molecule has 0 saturated heterocycles. The van der Waals surface area contributed by atoms with Gasteiger partial charge in [-0.05, 0) is 39.0 Å². The molecule has 0 bridgehead atoms. The van der Waals surface area contributed by atoms with E-state index >= 15 is 0 Å². The van der Waals surface area contributed by atoms with Crippen LogP contribution in [0.15, 0.2) is 12.2 Å². The number of hydrogen-bond acceptors (Lipinski definition) is 5. The van der Waals surface area contributed by atoms with Gasteiger partial charge in [-0.15, -0.1) is 0 Å². The van der Waals surface area contributed by atoms with Gasteiger partial charge in [-0.3, -0.25) is 0 Å². The largest absolute Gasteiger partial charge is 0.500 e. The fourth-order valence-electron chi connectivity index (χ4n) is 3.44. The van der Waals surface area contributed by atoms with Gasteiger partial charge in [0, 0.05) is 31.4 Å². The average Bonchev–Trinajstić information content (AvgIpc) is 2.79. The number of ether oxygens (including phenoxy) is 1. The van der Waals surface area contributed by atoms with Gasteiger partial charge in [-0.1, -0.05) is 85.1 Å². The summed E-state index contributed by atoms with van der Waals surface area (Å²) >= 11 is 0. The molecule has 0 unspecified atom stereocenters. The highest BCUT2D eigenvalue weighted by Crippen LogP contribution is 2.22. The Morgan fingerprint density at radius 1 is 0.625 bits per heavy atom. The van der Waals surface area contributed by atoms with Gasteiger partial charge in [0.05, 0.1) is 6.61 Å². The van der Waals surface area contributed by atoms with Crippen LogP contribution in [0.4, 0.5) is 0 Å². The van der Waals surface area contributed by atoms with Crippen LogP contribution in [-0.2, 0) is 22.8 Å². The first kappa shape index (κ1) is 31.3. The topological polar surface area (TPSA) is 54.0 Å². The summed E-state index contributed by atoms with van der Waals surface area (Å²) in [5.41, 5.74) is 0.478. The molecule has 0 aromatic rings. The highest BCUT2D eigenvalue weighted by atomic mass is 28.4. The normalized spacial score (nSPS) is 11.6. The molecule has 0 aromatic carbocycles. The smallest absolute Gasteiger partial charge is 0.462 e. The van der Waals surface area contributed by atoms with Crippen LogP contribution in [0.25, 0.3) is 0 Å². The maximum Gasteiger partial charge on any atom is 0.500 e. The van der Waals surface area contributed by atoms with E-state index in [1.807, 2.05) is 0 Å². The average molecular weight is 473 g/mol. The van der Waals surface area contributed by atoms with Gasteiger partial charge in [0.15, 0.2) is 0 Å². The highest BCUT2D eigenvalue weighted by molar-refractivity contribution is 6.60. The van der Waals surface area contributed by atoms with E-state index in [4.69, 9.17) is 18.0 Å². The maximum absolute atomic E-state index is 11.3. The summed E-state index contributed by atoms with van der Waals surface area (Å²) in [6.45, 7) is 14.4. The highest BCUT2D eigenvalue weighted by Gasteiger charge is 2.40. The Morgan fingerprint density at radius 3 is 1.38 bits per heavy atom. The number of unbranched alkanes of at least 4 members (excludes halogenated alkanes) is 10. The predicted octanol–water partition coefficient (Wildman–Crippen LogP) is 7.62. The van der Waals surface area contributed by atoms with Gasteiger partial charge in [0.25, 0.3) is 0 Å². The quantitative estimate of drug-likeness (QED) is 0.0626. The molecule has 0 spiro atoms. The minimum Gasteiger partial charge on any atom is -0.462 e.